The Labute approximate surface area is 105 Å². The number of sulfonamides is 1. The molecule has 0 bridgehead atoms. The van der Waals surface area contributed by atoms with Crippen molar-refractivity contribution in [2.24, 2.45) is 0 Å². The van der Waals surface area contributed by atoms with E-state index in [4.69, 9.17) is 0 Å². The zero-order chi connectivity index (χ0) is 12.3. The monoisotopic (exact) mass is 268 g/mol. The molecule has 0 atom stereocenters. The summed E-state index contributed by atoms with van der Waals surface area (Å²) in [4.78, 5) is 4.11. The van der Waals surface area contributed by atoms with E-state index in [0.29, 0.717) is 4.21 Å². The molecule has 0 radical (unpaired) electrons. The minimum absolute atomic E-state index is 0.279. The highest BCUT2D eigenvalue weighted by Gasteiger charge is 2.21. The van der Waals surface area contributed by atoms with Crippen LogP contribution in [0.3, 0.4) is 0 Å². The van der Waals surface area contributed by atoms with Crippen molar-refractivity contribution in [3.8, 4) is 0 Å². The Morgan fingerprint density at radius 3 is 2.71 bits per heavy atom. The molecular formula is C11H12N2O2S2. The second kappa shape index (κ2) is 4.95. The number of nitrogens with zero attached hydrogens (tertiary/aromatic N) is 2. The molecule has 2 heterocycles. The van der Waals surface area contributed by atoms with Crippen molar-refractivity contribution in [2.45, 2.75) is 10.8 Å². The van der Waals surface area contributed by atoms with E-state index >= 15 is 0 Å². The normalized spacial score (nSPS) is 11.9. The molecule has 0 aliphatic heterocycles. The summed E-state index contributed by atoms with van der Waals surface area (Å²) in [5, 5.41) is 1.75. The van der Waals surface area contributed by atoms with Gasteiger partial charge in [-0.05, 0) is 23.6 Å². The minimum atomic E-state index is -3.38. The molecule has 4 nitrogen and oxygen atoms in total. The van der Waals surface area contributed by atoms with Gasteiger partial charge < -0.3 is 0 Å². The van der Waals surface area contributed by atoms with Crippen LogP contribution >= 0.6 is 11.3 Å². The maximum atomic E-state index is 12.1. The summed E-state index contributed by atoms with van der Waals surface area (Å²) in [6, 6.07) is 8.78. The molecule has 2 aromatic heterocycles. The third kappa shape index (κ3) is 2.71. The second-order valence-electron chi connectivity index (χ2n) is 3.51. The molecule has 0 aromatic carbocycles. The molecule has 90 valence electrons. The molecule has 0 aliphatic carbocycles. The first-order valence-corrected chi connectivity index (χ1v) is 7.32. The molecule has 6 heteroatoms. The number of hydrogen-bond donors (Lipinski definition) is 0. The van der Waals surface area contributed by atoms with Crippen molar-refractivity contribution in [2.75, 3.05) is 7.05 Å². The fourth-order valence-corrected chi connectivity index (χ4v) is 3.71. The molecule has 0 unspecified atom stereocenters. The van der Waals surface area contributed by atoms with Gasteiger partial charge in [-0.2, -0.15) is 4.31 Å². The number of pyridine rings is 1. The van der Waals surface area contributed by atoms with Crippen LogP contribution in [0.4, 0.5) is 0 Å². The van der Waals surface area contributed by atoms with Crippen LogP contribution in [0.5, 0.6) is 0 Å². The molecule has 2 aromatic rings. The number of thiophene rings is 1. The first-order valence-electron chi connectivity index (χ1n) is 5.00. The van der Waals surface area contributed by atoms with Gasteiger partial charge in [0, 0.05) is 13.2 Å². The van der Waals surface area contributed by atoms with E-state index in [1.54, 1.807) is 42.9 Å². The van der Waals surface area contributed by atoms with Crippen molar-refractivity contribution in [1.82, 2.24) is 9.29 Å². The molecule has 0 fully saturated rings. The second-order valence-corrected chi connectivity index (χ2v) is 6.73. The van der Waals surface area contributed by atoms with Gasteiger partial charge in [0.05, 0.1) is 12.2 Å². The van der Waals surface area contributed by atoms with Crippen molar-refractivity contribution < 1.29 is 8.42 Å². The van der Waals surface area contributed by atoms with Gasteiger partial charge in [0.1, 0.15) is 4.21 Å². The van der Waals surface area contributed by atoms with E-state index in [-0.39, 0.29) is 6.54 Å². The standard InChI is InChI=1S/C11H12N2O2S2/c1-13(9-10-5-2-3-7-12-10)17(14,15)11-6-4-8-16-11/h2-8H,9H2,1H3. The van der Waals surface area contributed by atoms with E-state index in [1.165, 1.54) is 15.6 Å². The fraction of sp³-hybridized carbons (Fsp3) is 0.182. The molecule has 17 heavy (non-hydrogen) atoms. The lowest BCUT2D eigenvalue weighted by molar-refractivity contribution is 0.464. The van der Waals surface area contributed by atoms with Crippen LogP contribution in [0, 0.1) is 0 Å². The van der Waals surface area contributed by atoms with Gasteiger partial charge in [0.2, 0.25) is 0 Å². The molecule has 0 spiro atoms. The Bertz CT molecular complexity index is 565. The summed E-state index contributed by atoms with van der Waals surface area (Å²) in [5.41, 5.74) is 0.732. The summed E-state index contributed by atoms with van der Waals surface area (Å²) >= 11 is 1.22. The van der Waals surface area contributed by atoms with E-state index in [0.717, 1.165) is 5.69 Å². The highest BCUT2D eigenvalue weighted by atomic mass is 32.2. The Hall–Kier alpha value is -1.24. The average Bonchev–Trinajstić information content (AvgIpc) is 2.84. The maximum absolute atomic E-state index is 12.1. The van der Waals surface area contributed by atoms with Crippen molar-refractivity contribution in [3.63, 3.8) is 0 Å². The lowest BCUT2D eigenvalue weighted by Gasteiger charge is -2.15. The zero-order valence-corrected chi connectivity index (χ0v) is 10.9. The number of aromatic nitrogens is 1. The zero-order valence-electron chi connectivity index (χ0n) is 9.28. The summed E-state index contributed by atoms with van der Waals surface area (Å²) in [5.74, 6) is 0. The average molecular weight is 268 g/mol. The topological polar surface area (TPSA) is 50.3 Å². The molecule has 2 rings (SSSR count). The summed E-state index contributed by atoms with van der Waals surface area (Å²) < 4.78 is 25.9. The quantitative estimate of drug-likeness (QED) is 0.851. The first kappa shape index (κ1) is 12.2. The third-order valence-electron chi connectivity index (χ3n) is 2.27. The SMILES string of the molecule is CN(Cc1ccccn1)S(=O)(=O)c1cccs1. The van der Waals surface area contributed by atoms with Gasteiger partial charge in [0.25, 0.3) is 10.0 Å². The van der Waals surface area contributed by atoms with E-state index in [9.17, 15) is 8.42 Å². The van der Waals surface area contributed by atoms with Gasteiger partial charge >= 0.3 is 0 Å². The summed E-state index contributed by atoms with van der Waals surface area (Å²) in [6.45, 7) is 0.279. The maximum Gasteiger partial charge on any atom is 0.252 e. The van der Waals surface area contributed by atoms with Crippen LogP contribution in [0.1, 0.15) is 5.69 Å². The number of rotatable bonds is 4. The van der Waals surface area contributed by atoms with Gasteiger partial charge in [-0.3, -0.25) is 4.98 Å². The van der Waals surface area contributed by atoms with Crippen LogP contribution in [0.2, 0.25) is 0 Å². The smallest absolute Gasteiger partial charge is 0.252 e. The molecular weight excluding hydrogens is 256 g/mol. The fourth-order valence-electron chi connectivity index (χ4n) is 1.37. The van der Waals surface area contributed by atoms with Gasteiger partial charge in [-0.15, -0.1) is 11.3 Å². The first-order chi connectivity index (χ1) is 8.10. The van der Waals surface area contributed by atoms with Crippen molar-refractivity contribution in [1.29, 1.82) is 0 Å². The largest absolute Gasteiger partial charge is 0.260 e. The molecule has 0 saturated carbocycles. The van der Waals surface area contributed by atoms with Crippen LogP contribution in [-0.4, -0.2) is 24.8 Å². The van der Waals surface area contributed by atoms with E-state index in [1.807, 2.05) is 6.07 Å². The van der Waals surface area contributed by atoms with Crippen LogP contribution in [-0.2, 0) is 16.6 Å². The molecule has 0 amide bonds. The van der Waals surface area contributed by atoms with Crippen LogP contribution in [0.15, 0.2) is 46.1 Å². The predicted octanol–water partition coefficient (Wildman–Crippen LogP) is 1.96. The van der Waals surface area contributed by atoms with E-state index < -0.39 is 10.0 Å². The highest BCUT2D eigenvalue weighted by molar-refractivity contribution is 7.91. The Morgan fingerprint density at radius 2 is 2.12 bits per heavy atom. The lowest BCUT2D eigenvalue weighted by Crippen LogP contribution is -2.26. The minimum Gasteiger partial charge on any atom is -0.260 e. The predicted molar refractivity (Wildman–Crippen MR) is 67.2 cm³/mol. The molecule has 0 saturated heterocycles. The Morgan fingerprint density at radius 1 is 1.29 bits per heavy atom. The third-order valence-corrected chi connectivity index (χ3v) is 5.45. The Balaban J connectivity index is 2.19. The number of hydrogen-bond acceptors (Lipinski definition) is 4. The van der Waals surface area contributed by atoms with Crippen molar-refractivity contribution in [3.05, 3.63) is 47.6 Å². The van der Waals surface area contributed by atoms with Crippen molar-refractivity contribution >= 4 is 21.4 Å². The summed E-state index contributed by atoms with van der Waals surface area (Å²) in [7, 11) is -1.82. The lowest BCUT2D eigenvalue weighted by atomic mass is 10.3. The molecule has 0 N–H and O–H groups in total. The molecule has 0 aliphatic rings. The van der Waals surface area contributed by atoms with E-state index in [2.05, 4.69) is 4.98 Å². The van der Waals surface area contributed by atoms with Crippen LogP contribution < -0.4 is 0 Å². The Kier molecular flexibility index (Phi) is 3.56. The van der Waals surface area contributed by atoms with Gasteiger partial charge in [0.15, 0.2) is 0 Å². The highest BCUT2D eigenvalue weighted by Crippen LogP contribution is 2.20. The van der Waals surface area contributed by atoms with Crippen LogP contribution in [0.25, 0.3) is 0 Å². The summed E-state index contributed by atoms with van der Waals surface area (Å²) in [6.07, 6.45) is 1.65. The van der Waals surface area contributed by atoms with Gasteiger partial charge in [-0.25, -0.2) is 8.42 Å². The van der Waals surface area contributed by atoms with Gasteiger partial charge in [-0.1, -0.05) is 12.1 Å².